The van der Waals surface area contributed by atoms with Crippen LogP contribution in [-0.4, -0.2) is 48.8 Å². The summed E-state index contributed by atoms with van der Waals surface area (Å²) in [6, 6.07) is 24.2. The van der Waals surface area contributed by atoms with Crippen LogP contribution in [0.5, 0.6) is 11.5 Å². The van der Waals surface area contributed by atoms with Crippen LogP contribution in [0.25, 0.3) is 16.9 Å². The number of methoxy groups -OCH3 is 2. The van der Waals surface area contributed by atoms with E-state index in [1.807, 2.05) is 85.1 Å². The molecule has 0 saturated heterocycles. The lowest BCUT2D eigenvalue weighted by molar-refractivity contribution is 0.375. The van der Waals surface area contributed by atoms with Crippen LogP contribution in [-0.2, 0) is 10.0 Å². The second-order valence-corrected chi connectivity index (χ2v) is 10.3. The number of rotatable bonds is 7. The zero-order valence-corrected chi connectivity index (χ0v) is 21.0. The van der Waals surface area contributed by atoms with Crippen molar-refractivity contribution >= 4 is 15.7 Å². The van der Waals surface area contributed by atoms with E-state index in [1.165, 1.54) is 10.7 Å². The van der Waals surface area contributed by atoms with Crippen LogP contribution in [0.2, 0.25) is 0 Å². The third-order valence-electron chi connectivity index (χ3n) is 6.12. The van der Waals surface area contributed by atoms with Crippen molar-refractivity contribution < 1.29 is 17.9 Å². The van der Waals surface area contributed by atoms with Gasteiger partial charge in [-0.25, -0.2) is 13.1 Å². The predicted molar refractivity (Wildman–Crippen MR) is 139 cm³/mol. The molecule has 3 aromatic carbocycles. The van der Waals surface area contributed by atoms with Crippen LogP contribution in [0.1, 0.15) is 23.6 Å². The Labute approximate surface area is 210 Å². The van der Waals surface area contributed by atoms with Gasteiger partial charge in [0.2, 0.25) is 10.0 Å². The van der Waals surface area contributed by atoms with E-state index in [2.05, 4.69) is 5.10 Å². The van der Waals surface area contributed by atoms with E-state index in [-0.39, 0.29) is 0 Å². The van der Waals surface area contributed by atoms with Crippen LogP contribution in [0.3, 0.4) is 0 Å². The molecule has 0 fully saturated rings. The smallest absolute Gasteiger partial charge is 0.247 e. The van der Waals surface area contributed by atoms with Gasteiger partial charge in [-0.15, -0.1) is 0 Å². The van der Waals surface area contributed by atoms with Gasteiger partial charge in [0.25, 0.3) is 0 Å². The number of para-hydroxylation sites is 2. The van der Waals surface area contributed by atoms with Crippen LogP contribution >= 0.6 is 0 Å². The number of aromatic nitrogens is 2. The molecule has 8 nitrogen and oxygen atoms in total. The van der Waals surface area contributed by atoms with E-state index in [4.69, 9.17) is 14.6 Å². The largest absolute Gasteiger partial charge is 0.497 e. The summed E-state index contributed by atoms with van der Waals surface area (Å²) in [5, 5.41) is 9.44. The molecule has 0 saturated carbocycles. The normalized spacial score (nSPS) is 15.6. The highest BCUT2D eigenvalue weighted by atomic mass is 32.2. The van der Waals surface area contributed by atoms with Gasteiger partial charge < -0.3 is 9.47 Å². The second-order valence-electron chi connectivity index (χ2n) is 8.44. The van der Waals surface area contributed by atoms with Gasteiger partial charge in [0.05, 0.1) is 37.9 Å². The van der Waals surface area contributed by atoms with E-state index < -0.39 is 16.1 Å². The molecule has 2 heterocycles. The first-order chi connectivity index (χ1) is 17.4. The van der Waals surface area contributed by atoms with E-state index in [0.717, 1.165) is 28.1 Å². The zero-order chi connectivity index (χ0) is 25.3. The molecule has 1 aliphatic rings. The molecule has 0 unspecified atom stereocenters. The van der Waals surface area contributed by atoms with Crippen molar-refractivity contribution in [2.75, 3.05) is 20.5 Å². The number of benzene rings is 3. The molecule has 184 valence electrons. The van der Waals surface area contributed by atoms with Gasteiger partial charge in [-0.2, -0.15) is 14.6 Å². The summed E-state index contributed by atoms with van der Waals surface area (Å²) >= 11 is 0. The number of nitrogens with zero attached hydrogens (tertiary/aromatic N) is 4. The number of hydrazone groups is 1. The highest BCUT2D eigenvalue weighted by Gasteiger charge is 2.37. The standard InChI is InChI=1S/C27H26N4O4S/c1-34-21-15-13-19(14-16-21)24-17-25(31(28-24)36(3,32)33)23-18-30(20-9-5-4-6-10-20)29-27(23)22-11-7-8-12-26(22)35-2/h4-16,18,25H,17H2,1-3H3/t25-/m1/s1. The van der Waals surface area contributed by atoms with Crippen molar-refractivity contribution in [3.63, 3.8) is 0 Å². The second kappa shape index (κ2) is 9.50. The summed E-state index contributed by atoms with van der Waals surface area (Å²) in [6.45, 7) is 0. The third-order valence-corrected chi connectivity index (χ3v) is 7.14. The topological polar surface area (TPSA) is 86.0 Å². The van der Waals surface area contributed by atoms with Gasteiger partial charge in [-0.3, -0.25) is 0 Å². The van der Waals surface area contributed by atoms with Gasteiger partial charge in [0.1, 0.15) is 17.2 Å². The molecule has 36 heavy (non-hydrogen) atoms. The van der Waals surface area contributed by atoms with Crippen LogP contribution in [0, 0.1) is 0 Å². The lowest BCUT2D eigenvalue weighted by Crippen LogP contribution is -2.26. The molecule has 1 atom stereocenters. The lowest BCUT2D eigenvalue weighted by Gasteiger charge is -2.21. The molecule has 0 aliphatic carbocycles. The maximum Gasteiger partial charge on any atom is 0.247 e. The number of hydrogen-bond donors (Lipinski definition) is 0. The Kier molecular flexibility index (Phi) is 6.24. The fourth-order valence-electron chi connectivity index (χ4n) is 4.38. The molecule has 0 spiro atoms. The quantitative estimate of drug-likeness (QED) is 0.367. The Hall–Kier alpha value is -4.11. The van der Waals surface area contributed by atoms with Crippen molar-refractivity contribution in [3.8, 4) is 28.4 Å². The molecule has 0 amide bonds. The first kappa shape index (κ1) is 23.6. The molecule has 5 rings (SSSR count). The Balaban J connectivity index is 1.65. The average Bonchev–Trinajstić information content (AvgIpc) is 3.54. The molecule has 9 heteroatoms. The summed E-state index contributed by atoms with van der Waals surface area (Å²) in [5.74, 6) is 1.37. The molecule has 0 N–H and O–H groups in total. The van der Waals surface area contributed by atoms with Gasteiger partial charge in [0, 0.05) is 23.7 Å². The SMILES string of the molecule is COc1ccc(C2=NN(S(C)(=O)=O)[C@@H](c3cn(-c4ccccc4)nc3-c3ccccc3OC)C2)cc1. The number of ether oxygens (including phenoxy) is 2. The summed E-state index contributed by atoms with van der Waals surface area (Å²) in [4.78, 5) is 0. The molecule has 1 aliphatic heterocycles. The third kappa shape index (κ3) is 4.45. The van der Waals surface area contributed by atoms with Crippen LogP contribution in [0.15, 0.2) is 90.2 Å². The fourth-order valence-corrected chi connectivity index (χ4v) is 5.27. The van der Waals surface area contributed by atoms with Gasteiger partial charge in [-0.05, 0) is 54.1 Å². The minimum atomic E-state index is -3.67. The maximum atomic E-state index is 12.9. The Morgan fingerprint density at radius 2 is 1.58 bits per heavy atom. The minimum absolute atomic E-state index is 0.391. The minimum Gasteiger partial charge on any atom is -0.497 e. The number of hydrogen-bond acceptors (Lipinski definition) is 6. The summed E-state index contributed by atoms with van der Waals surface area (Å²) in [7, 11) is -0.459. The molecular weight excluding hydrogens is 476 g/mol. The first-order valence-corrected chi connectivity index (χ1v) is 13.2. The lowest BCUT2D eigenvalue weighted by atomic mass is 9.97. The Morgan fingerprint density at radius 3 is 2.25 bits per heavy atom. The Morgan fingerprint density at radius 1 is 0.889 bits per heavy atom. The van der Waals surface area contributed by atoms with E-state index in [9.17, 15) is 8.42 Å². The monoisotopic (exact) mass is 502 g/mol. The molecule has 0 radical (unpaired) electrons. The highest BCUT2D eigenvalue weighted by Crippen LogP contribution is 2.41. The molecule has 0 bridgehead atoms. The van der Waals surface area contributed by atoms with Gasteiger partial charge in [-0.1, -0.05) is 30.3 Å². The van der Waals surface area contributed by atoms with Crippen molar-refractivity contribution in [3.05, 3.63) is 96.2 Å². The summed E-state index contributed by atoms with van der Waals surface area (Å²) in [5.41, 5.74) is 4.52. The van der Waals surface area contributed by atoms with Crippen molar-refractivity contribution in [2.45, 2.75) is 12.5 Å². The van der Waals surface area contributed by atoms with Crippen LogP contribution in [0.4, 0.5) is 0 Å². The zero-order valence-electron chi connectivity index (χ0n) is 20.2. The molecular formula is C27H26N4O4S. The number of sulfonamides is 1. The summed E-state index contributed by atoms with van der Waals surface area (Å²) < 4.78 is 39.6. The summed E-state index contributed by atoms with van der Waals surface area (Å²) in [6.07, 6.45) is 3.44. The van der Waals surface area contributed by atoms with Crippen molar-refractivity contribution in [1.29, 1.82) is 0 Å². The fraction of sp³-hybridized carbons (Fsp3) is 0.185. The van der Waals surface area contributed by atoms with Crippen molar-refractivity contribution in [1.82, 2.24) is 14.2 Å². The van der Waals surface area contributed by atoms with E-state index >= 15 is 0 Å². The van der Waals surface area contributed by atoms with E-state index in [1.54, 1.807) is 18.9 Å². The maximum absolute atomic E-state index is 12.9. The molecule has 4 aromatic rings. The first-order valence-electron chi connectivity index (χ1n) is 11.4. The molecule has 1 aromatic heterocycles. The van der Waals surface area contributed by atoms with Gasteiger partial charge >= 0.3 is 0 Å². The van der Waals surface area contributed by atoms with Gasteiger partial charge in [0.15, 0.2) is 0 Å². The van der Waals surface area contributed by atoms with E-state index in [0.29, 0.717) is 23.6 Å². The van der Waals surface area contributed by atoms with Crippen molar-refractivity contribution in [2.24, 2.45) is 5.10 Å². The average molecular weight is 503 g/mol. The predicted octanol–water partition coefficient (Wildman–Crippen LogP) is 4.67. The Bertz CT molecular complexity index is 1510. The highest BCUT2D eigenvalue weighted by molar-refractivity contribution is 7.88. The van der Waals surface area contributed by atoms with Crippen LogP contribution < -0.4 is 9.47 Å².